The molecule has 0 bridgehead atoms. The highest BCUT2D eigenvalue weighted by Crippen LogP contribution is 2.27. The number of halogens is 1. The van der Waals surface area contributed by atoms with Gasteiger partial charge in [-0.2, -0.15) is 5.06 Å². The van der Waals surface area contributed by atoms with Gasteiger partial charge in [0.25, 0.3) is 0 Å². The lowest BCUT2D eigenvalue weighted by molar-refractivity contribution is -0.182. The Hall–Kier alpha value is -1.83. The Kier molecular flexibility index (Phi) is 8.78. The molecule has 1 N–H and O–H groups in total. The van der Waals surface area contributed by atoms with Crippen molar-refractivity contribution in [1.82, 2.24) is 9.96 Å². The van der Waals surface area contributed by atoms with E-state index in [0.717, 1.165) is 58.3 Å². The molecule has 1 aromatic carbocycles. The molecule has 8 heteroatoms. The first kappa shape index (κ1) is 22.8. The summed E-state index contributed by atoms with van der Waals surface area (Å²) in [5.41, 5.74) is 0.659. The minimum atomic E-state index is -0.0399. The predicted octanol–water partition coefficient (Wildman–Crippen LogP) is 3.72. The van der Waals surface area contributed by atoms with Crippen LogP contribution in [-0.2, 0) is 14.4 Å². The van der Waals surface area contributed by atoms with Crippen molar-refractivity contribution in [1.29, 1.82) is 0 Å². The van der Waals surface area contributed by atoms with E-state index in [-0.39, 0.29) is 11.8 Å². The quantitative estimate of drug-likeness (QED) is 0.671. The van der Waals surface area contributed by atoms with Crippen LogP contribution >= 0.6 is 11.6 Å². The van der Waals surface area contributed by atoms with E-state index in [1.165, 1.54) is 0 Å². The van der Waals surface area contributed by atoms with Gasteiger partial charge in [-0.1, -0.05) is 11.6 Å². The van der Waals surface area contributed by atoms with Crippen molar-refractivity contribution in [3.63, 3.8) is 0 Å². The van der Waals surface area contributed by atoms with Crippen LogP contribution in [0.25, 0.3) is 0 Å². The number of anilines is 1. The van der Waals surface area contributed by atoms with Crippen molar-refractivity contribution in [2.75, 3.05) is 45.2 Å². The first-order chi connectivity index (χ1) is 14.5. The van der Waals surface area contributed by atoms with Crippen LogP contribution in [-0.4, -0.2) is 61.7 Å². The van der Waals surface area contributed by atoms with E-state index in [9.17, 15) is 9.59 Å². The van der Waals surface area contributed by atoms with E-state index in [4.69, 9.17) is 21.2 Å². The molecule has 2 heterocycles. The second kappa shape index (κ2) is 11.5. The minimum absolute atomic E-state index is 0.0399. The highest BCUT2D eigenvalue weighted by atomic mass is 35.5. The minimum Gasteiger partial charge on any atom is -0.495 e. The van der Waals surface area contributed by atoms with Crippen LogP contribution in [0.15, 0.2) is 18.2 Å². The lowest BCUT2D eigenvalue weighted by atomic mass is 9.93. The Labute approximate surface area is 183 Å². The summed E-state index contributed by atoms with van der Waals surface area (Å²) in [6, 6.07) is 5.19. The number of amides is 2. The van der Waals surface area contributed by atoms with Gasteiger partial charge in [0.15, 0.2) is 0 Å². The zero-order valence-electron chi connectivity index (χ0n) is 17.7. The third-order valence-electron chi connectivity index (χ3n) is 5.74. The Morgan fingerprint density at radius 2 is 2.10 bits per heavy atom. The first-order valence-corrected chi connectivity index (χ1v) is 11.2. The number of hydroxylamine groups is 2. The molecule has 30 heavy (non-hydrogen) atoms. The van der Waals surface area contributed by atoms with Crippen LogP contribution in [0.4, 0.5) is 5.69 Å². The summed E-state index contributed by atoms with van der Waals surface area (Å²) < 4.78 is 5.13. The number of hydrogen-bond acceptors (Lipinski definition) is 5. The maximum atomic E-state index is 12.6. The fraction of sp³-hybridized carbons (Fsp3) is 0.636. The molecule has 2 amide bonds. The third-order valence-corrected chi connectivity index (χ3v) is 6.03. The van der Waals surface area contributed by atoms with E-state index in [0.29, 0.717) is 41.8 Å². The summed E-state index contributed by atoms with van der Waals surface area (Å²) >= 11 is 6.11. The maximum absolute atomic E-state index is 12.6. The van der Waals surface area contributed by atoms with Gasteiger partial charge in [0.1, 0.15) is 5.75 Å². The summed E-state index contributed by atoms with van der Waals surface area (Å²) in [5, 5.41) is 5.27. The van der Waals surface area contributed by atoms with Gasteiger partial charge in [-0.15, -0.1) is 0 Å². The summed E-state index contributed by atoms with van der Waals surface area (Å²) in [6.45, 7) is 3.87. The van der Waals surface area contributed by atoms with E-state index in [1.807, 2.05) is 9.96 Å². The zero-order chi connectivity index (χ0) is 21.3. The number of ether oxygens (including phenoxy) is 1. The second-order valence-electron chi connectivity index (χ2n) is 8.00. The van der Waals surface area contributed by atoms with Gasteiger partial charge in [-0.3, -0.25) is 14.4 Å². The molecule has 0 spiro atoms. The smallest absolute Gasteiger partial charge is 0.224 e. The molecule has 0 aromatic heterocycles. The van der Waals surface area contributed by atoms with Gasteiger partial charge in [0.05, 0.1) is 18.7 Å². The molecule has 0 saturated carbocycles. The van der Waals surface area contributed by atoms with Crippen molar-refractivity contribution in [2.24, 2.45) is 5.92 Å². The monoisotopic (exact) mass is 437 g/mol. The van der Waals surface area contributed by atoms with Crippen LogP contribution in [0.2, 0.25) is 5.02 Å². The fourth-order valence-corrected chi connectivity index (χ4v) is 4.29. The molecule has 3 rings (SSSR count). The van der Waals surface area contributed by atoms with E-state index in [2.05, 4.69) is 5.32 Å². The van der Waals surface area contributed by atoms with E-state index >= 15 is 0 Å². The molecular weight excluding hydrogens is 406 g/mol. The Morgan fingerprint density at radius 1 is 1.23 bits per heavy atom. The van der Waals surface area contributed by atoms with Crippen LogP contribution in [0, 0.1) is 5.92 Å². The molecule has 2 fully saturated rings. The molecule has 0 unspecified atom stereocenters. The highest BCUT2D eigenvalue weighted by Gasteiger charge is 2.24. The second-order valence-corrected chi connectivity index (χ2v) is 8.41. The van der Waals surface area contributed by atoms with Gasteiger partial charge in [0.2, 0.25) is 11.8 Å². The molecule has 166 valence electrons. The number of likely N-dealkylation sites (tertiary alicyclic amines) is 1. The number of carbonyl (C=O) groups excluding carboxylic acids is 2. The third kappa shape index (κ3) is 6.86. The van der Waals surface area contributed by atoms with Crippen molar-refractivity contribution < 1.29 is 19.2 Å². The summed E-state index contributed by atoms with van der Waals surface area (Å²) in [7, 11) is 1.55. The van der Waals surface area contributed by atoms with Crippen molar-refractivity contribution >= 4 is 29.1 Å². The van der Waals surface area contributed by atoms with E-state index in [1.54, 1.807) is 25.3 Å². The van der Waals surface area contributed by atoms with Crippen LogP contribution in [0.5, 0.6) is 5.75 Å². The van der Waals surface area contributed by atoms with Crippen LogP contribution < -0.4 is 10.1 Å². The molecule has 2 aliphatic rings. The average molecular weight is 438 g/mol. The SMILES string of the molecule is COc1ccc(NC(=O)CC[C@H]2CCCN(C(=O)CCN3CCCCO3)C2)cc1Cl. The first-order valence-electron chi connectivity index (χ1n) is 10.8. The predicted molar refractivity (Wildman–Crippen MR) is 117 cm³/mol. The van der Waals surface area contributed by atoms with Gasteiger partial charge in [-0.05, 0) is 56.2 Å². The van der Waals surface area contributed by atoms with Gasteiger partial charge in [-0.25, -0.2) is 0 Å². The maximum Gasteiger partial charge on any atom is 0.224 e. The molecular formula is C22H32ClN3O4. The number of carbonyl (C=O) groups is 2. The largest absolute Gasteiger partial charge is 0.495 e. The number of rotatable bonds is 8. The van der Waals surface area contributed by atoms with Gasteiger partial charge < -0.3 is 15.0 Å². The molecule has 2 aliphatic heterocycles. The summed E-state index contributed by atoms with van der Waals surface area (Å²) in [6.07, 6.45) is 5.97. The highest BCUT2D eigenvalue weighted by molar-refractivity contribution is 6.32. The Morgan fingerprint density at radius 3 is 2.83 bits per heavy atom. The number of benzene rings is 1. The fourth-order valence-electron chi connectivity index (χ4n) is 4.03. The zero-order valence-corrected chi connectivity index (χ0v) is 18.5. The molecule has 0 aliphatic carbocycles. The summed E-state index contributed by atoms with van der Waals surface area (Å²) in [5.74, 6) is 1.08. The number of methoxy groups -OCH3 is 1. The topological polar surface area (TPSA) is 71.1 Å². The number of hydrogen-bond donors (Lipinski definition) is 1. The van der Waals surface area contributed by atoms with Gasteiger partial charge in [0, 0.05) is 44.7 Å². The van der Waals surface area contributed by atoms with E-state index < -0.39 is 0 Å². The van der Waals surface area contributed by atoms with Crippen LogP contribution in [0.1, 0.15) is 44.9 Å². The number of nitrogens with zero attached hydrogens (tertiary/aromatic N) is 2. The lowest BCUT2D eigenvalue weighted by Crippen LogP contribution is -2.42. The Bertz CT molecular complexity index is 724. The molecule has 1 aromatic rings. The number of nitrogens with one attached hydrogen (secondary N) is 1. The number of piperidine rings is 1. The van der Waals surface area contributed by atoms with Gasteiger partial charge >= 0.3 is 0 Å². The molecule has 2 saturated heterocycles. The Balaban J connectivity index is 1.39. The van der Waals surface area contributed by atoms with Crippen molar-refractivity contribution in [2.45, 2.75) is 44.9 Å². The molecule has 0 radical (unpaired) electrons. The summed E-state index contributed by atoms with van der Waals surface area (Å²) in [4.78, 5) is 32.5. The molecule has 1 atom stereocenters. The molecule has 7 nitrogen and oxygen atoms in total. The average Bonchev–Trinajstić information content (AvgIpc) is 2.77. The lowest BCUT2D eigenvalue weighted by Gasteiger charge is -2.33. The van der Waals surface area contributed by atoms with Crippen molar-refractivity contribution in [3.05, 3.63) is 23.2 Å². The van der Waals surface area contributed by atoms with Crippen LogP contribution in [0.3, 0.4) is 0 Å². The normalized spacial score (nSPS) is 20.1. The standard InChI is InChI=1S/C22H32ClN3O4/c1-29-20-8-7-18(15-19(20)23)24-21(27)9-6-17-5-4-11-25(16-17)22(28)10-13-26-12-2-3-14-30-26/h7-8,15,17H,2-6,9-14,16H2,1H3,(H,24,27)/t17-/m1/s1. The van der Waals surface area contributed by atoms with Crippen molar-refractivity contribution in [3.8, 4) is 5.75 Å².